The van der Waals surface area contributed by atoms with Crippen molar-refractivity contribution in [3.8, 4) is 5.69 Å². The minimum atomic E-state index is -0.292. The Kier molecular flexibility index (Phi) is 2.19. The largest absolute Gasteiger partial charge is 0.397 e. The predicted octanol–water partition coefficient (Wildman–Crippen LogP) is 2.21. The van der Waals surface area contributed by atoms with Gasteiger partial charge in [0.25, 0.3) is 0 Å². The van der Waals surface area contributed by atoms with E-state index in [2.05, 4.69) is 5.10 Å². The van der Waals surface area contributed by atoms with Gasteiger partial charge in [-0.1, -0.05) is 0 Å². The topological polar surface area (TPSA) is 43.8 Å². The van der Waals surface area contributed by atoms with Crippen LogP contribution in [0.5, 0.6) is 0 Å². The molecule has 1 aromatic carbocycles. The Balaban J connectivity index is 2.58. The third-order valence-corrected chi connectivity index (χ3v) is 2.28. The molecule has 0 aliphatic carbocycles. The first-order valence-electron chi connectivity index (χ1n) is 4.66. The van der Waals surface area contributed by atoms with Crippen LogP contribution >= 0.6 is 0 Å². The van der Waals surface area contributed by atoms with Gasteiger partial charge < -0.3 is 5.73 Å². The van der Waals surface area contributed by atoms with E-state index >= 15 is 0 Å². The molecule has 0 amide bonds. The van der Waals surface area contributed by atoms with Crippen LogP contribution < -0.4 is 5.73 Å². The van der Waals surface area contributed by atoms with E-state index in [0.717, 1.165) is 5.69 Å². The number of nitrogens with zero attached hydrogens (tertiary/aromatic N) is 2. The molecule has 15 heavy (non-hydrogen) atoms. The molecule has 0 aliphatic rings. The van der Waals surface area contributed by atoms with Crippen molar-refractivity contribution in [2.45, 2.75) is 13.8 Å². The third kappa shape index (κ3) is 1.70. The van der Waals surface area contributed by atoms with Crippen molar-refractivity contribution in [1.82, 2.24) is 9.78 Å². The molecule has 0 saturated carbocycles. The lowest BCUT2D eigenvalue weighted by Crippen LogP contribution is -2.02. The smallest absolute Gasteiger partial charge is 0.128 e. The molecule has 0 bridgehead atoms. The monoisotopic (exact) mass is 205 g/mol. The van der Waals surface area contributed by atoms with Crippen molar-refractivity contribution in [2.24, 2.45) is 0 Å². The number of nitrogens with two attached hydrogens (primary N) is 1. The van der Waals surface area contributed by atoms with Gasteiger partial charge in [-0.25, -0.2) is 9.07 Å². The lowest BCUT2D eigenvalue weighted by molar-refractivity contribution is 0.618. The lowest BCUT2D eigenvalue weighted by atomic mass is 10.2. The van der Waals surface area contributed by atoms with Crippen molar-refractivity contribution in [1.29, 1.82) is 0 Å². The fourth-order valence-electron chi connectivity index (χ4n) is 1.43. The van der Waals surface area contributed by atoms with Gasteiger partial charge >= 0.3 is 0 Å². The van der Waals surface area contributed by atoms with Gasteiger partial charge in [-0.15, -0.1) is 0 Å². The molecule has 2 aromatic rings. The highest BCUT2D eigenvalue weighted by molar-refractivity contribution is 5.59. The summed E-state index contributed by atoms with van der Waals surface area (Å²) in [4.78, 5) is 0. The molecule has 0 unspecified atom stereocenters. The minimum Gasteiger partial charge on any atom is -0.397 e. The summed E-state index contributed by atoms with van der Waals surface area (Å²) in [5.41, 5.74) is 8.29. The Bertz CT molecular complexity index is 503. The summed E-state index contributed by atoms with van der Waals surface area (Å²) >= 11 is 0. The van der Waals surface area contributed by atoms with Gasteiger partial charge in [0.15, 0.2) is 0 Å². The number of aryl methyl sites for hydroxylation is 2. The van der Waals surface area contributed by atoms with Gasteiger partial charge in [0.1, 0.15) is 5.82 Å². The van der Waals surface area contributed by atoms with Gasteiger partial charge in [0, 0.05) is 6.20 Å². The van der Waals surface area contributed by atoms with E-state index in [9.17, 15) is 4.39 Å². The third-order valence-electron chi connectivity index (χ3n) is 2.28. The van der Waals surface area contributed by atoms with Crippen LogP contribution in [0.3, 0.4) is 0 Å². The number of nitrogen functional groups attached to an aromatic ring is 1. The molecule has 2 rings (SSSR count). The summed E-state index contributed by atoms with van der Waals surface area (Å²) in [6.45, 7) is 3.59. The van der Waals surface area contributed by atoms with Gasteiger partial charge in [0.2, 0.25) is 0 Å². The number of anilines is 1. The summed E-state index contributed by atoms with van der Waals surface area (Å²) in [6, 6.07) is 4.89. The summed E-state index contributed by atoms with van der Waals surface area (Å²) in [5.74, 6) is -0.292. The standard InChI is InChI=1S/C11H12FN3/c1-7-5-11(10(13)6-9(7)12)15-4-3-8(2)14-15/h3-6H,13H2,1-2H3. The minimum absolute atomic E-state index is 0.292. The first-order chi connectivity index (χ1) is 7.08. The highest BCUT2D eigenvalue weighted by Gasteiger charge is 2.07. The molecule has 78 valence electrons. The Morgan fingerprint density at radius 3 is 2.67 bits per heavy atom. The molecule has 0 fully saturated rings. The average Bonchev–Trinajstić information content (AvgIpc) is 2.58. The summed E-state index contributed by atoms with van der Waals surface area (Å²) < 4.78 is 14.8. The molecule has 0 radical (unpaired) electrons. The van der Waals surface area contributed by atoms with E-state index in [1.54, 1.807) is 23.9 Å². The second-order valence-corrected chi connectivity index (χ2v) is 3.56. The maximum atomic E-state index is 13.2. The van der Waals surface area contributed by atoms with Crippen LogP contribution in [0.2, 0.25) is 0 Å². The molecule has 1 aromatic heterocycles. The second kappa shape index (κ2) is 3.38. The number of benzene rings is 1. The number of hydrogen-bond acceptors (Lipinski definition) is 2. The predicted molar refractivity (Wildman–Crippen MR) is 57.4 cm³/mol. The quantitative estimate of drug-likeness (QED) is 0.725. The fourth-order valence-corrected chi connectivity index (χ4v) is 1.43. The maximum absolute atomic E-state index is 13.2. The van der Waals surface area contributed by atoms with Gasteiger partial charge in [-0.05, 0) is 37.6 Å². The van der Waals surface area contributed by atoms with E-state index in [0.29, 0.717) is 16.9 Å². The highest BCUT2D eigenvalue weighted by atomic mass is 19.1. The Morgan fingerprint density at radius 1 is 1.33 bits per heavy atom. The molecule has 0 spiro atoms. The van der Waals surface area contributed by atoms with Crippen LogP contribution in [0.4, 0.5) is 10.1 Å². The van der Waals surface area contributed by atoms with Crippen molar-refractivity contribution in [3.63, 3.8) is 0 Å². The van der Waals surface area contributed by atoms with Crippen LogP contribution in [0.15, 0.2) is 24.4 Å². The van der Waals surface area contributed by atoms with Gasteiger partial charge in [0.05, 0.1) is 17.1 Å². The number of rotatable bonds is 1. The van der Waals surface area contributed by atoms with E-state index in [1.807, 2.05) is 13.0 Å². The van der Waals surface area contributed by atoms with Crippen molar-refractivity contribution in [2.75, 3.05) is 5.73 Å². The molecule has 3 nitrogen and oxygen atoms in total. The fraction of sp³-hybridized carbons (Fsp3) is 0.182. The Hall–Kier alpha value is -1.84. The van der Waals surface area contributed by atoms with Crippen LogP contribution in [0.1, 0.15) is 11.3 Å². The zero-order valence-corrected chi connectivity index (χ0v) is 8.66. The molecule has 2 N–H and O–H groups in total. The van der Waals surface area contributed by atoms with Crippen LogP contribution in [0.25, 0.3) is 5.69 Å². The first kappa shape index (κ1) is 9.71. The van der Waals surface area contributed by atoms with Crippen LogP contribution in [0, 0.1) is 19.7 Å². The SMILES string of the molecule is Cc1ccn(-c2cc(C)c(F)cc2N)n1. The first-order valence-corrected chi connectivity index (χ1v) is 4.66. The molecular weight excluding hydrogens is 193 g/mol. The van der Waals surface area contributed by atoms with E-state index in [4.69, 9.17) is 5.73 Å². The number of halogens is 1. The van der Waals surface area contributed by atoms with E-state index in [-0.39, 0.29) is 5.82 Å². The molecule has 0 atom stereocenters. The highest BCUT2D eigenvalue weighted by Crippen LogP contribution is 2.20. The maximum Gasteiger partial charge on any atom is 0.128 e. The summed E-state index contributed by atoms with van der Waals surface area (Å²) in [6.07, 6.45) is 1.80. The molecule has 0 aliphatic heterocycles. The van der Waals surface area contributed by atoms with E-state index in [1.165, 1.54) is 6.07 Å². The lowest BCUT2D eigenvalue weighted by Gasteiger charge is -2.07. The van der Waals surface area contributed by atoms with Crippen molar-refractivity contribution < 1.29 is 4.39 Å². The number of hydrogen-bond donors (Lipinski definition) is 1. The van der Waals surface area contributed by atoms with Crippen LogP contribution in [-0.4, -0.2) is 9.78 Å². The average molecular weight is 205 g/mol. The van der Waals surface area contributed by atoms with Gasteiger partial charge in [-0.2, -0.15) is 5.10 Å². The molecule has 0 saturated heterocycles. The van der Waals surface area contributed by atoms with Crippen molar-refractivity contribution in [3.05, 3.63) is 41.5 Å². The van der Waals surface area contributed by atoms with Gasteiger partial charge in [-0.3, -0.25) is 0 Å². The van der Waals surface area contributed by atoms with Crippen molar-refractivity contribution >= 4 is 5.69 Å². The van der Waals surface area contributed by atoms with E-state index < -0.39 is 0 Å². The zero-order chi connectivity index (χ0) is 11.0. The molecular formula is C11H12FN3. The molecule has 4 heteroatoms. The normalized spacial score (nSPS) is 10.6. The zero-order valence-electron chi connectivity index (χ0n) is 8.66. The summed E-state index contributed by atoms with van der Waals surface area (Å²) in [7, 11) is 0. The Labute approximate surface area is 87.3 Å². The summed E-state index contributed by atoms with van der Waals surface area (Å²) in [5, 5.41) is 4.23. The van der Waals surface area contributed by atoms with Crippen LogP contribution in [-0.2, 0) is 0 Å². The molecule has 1 heterocycles. The second-order valence-electron chi connectivity index (χ2n) is 3.56. The Morgan fingerprint density at radius 2 is 2.07 bits per heavy atom. The number of aromatic nitrogens is 2.